The topological polar surface area (TPSA) is 52.2 Å². The molecule has 7 heteroatoms. The maximum atomic E-state index is 12.7. The van der Waals surface area contributed by atoms with E-state index in [1.165, 1.54) is 0 Å². The Hall–Kier alpha value is -2.24. The number of fused-ring (bicyclic) bond motifs is 1. The highest BCUT2D eigenvalue weighted by Gasteiger charge is 2.23. The lowest BCUT2D eigenvalue weighted by molar-refractivity contribution is 0.0747. The molecule has 0 spiro atoms. The number of nitrogens with zero attached hydrogens (tertiary/aromatic N) is 3. The highest BCUT2D eigenvalue weighted by molar-refractivity contribution is 6.42. The summed E-state index contributed by atoms with van der Waals surface area (Å²) in [6, 6.07) is 11.2. The fraction of sp³-hybridized carbons (Fsp3) is 0.222. The fourth-order valence-electron chi connectivity index (χ4n) is 3.10. The number of aromatic nitrogens is 2. The van der Waals surface area contributed by atoms with Gasteiger partial charge in [0.05, 0.1) is 27.4 Å². The second-order valence-corrected chi connectivity index (χ2v) is 6.83. The summed E-state index contributed by atoms with van der Waals surface area (Å²) in [5, 5.41) is 1.10. The van der Waals surface area contributed by atoms with E-state index in [0.717, 1.165) is 29.8 Å². The summed E-state index contributed by atoms with van der Waals surface area (Å²) in [7, 11) is 0. The first-order valence-electron chi connectivity index (χ1n) is 8.04. The van der Waals surface area contributed by atoms with Gasteiger partial charge in [0.15, 0.2) is 0 Å². The zero-order valence-corrected chi connectivity index (χ0v) is 14.9. The number of amides is 1. The number of carbonyl (C=O) groups excluding carboxylic acids is 1. The van der Waals surface area contributed by atoms with Crippen LogP contribution >= 0.6 is 23.2 Å². The van der Waals surface area contributed by atoms with Crippen LogP contribution in [0.1, 0.15) is 10.4 Å². The zero-order valence-electron chi connectivity index (χ0n) is 13.4. The van der Waals surface area contributed by atoms with Crippen molar-refractivity contribution in [3.63, 3.8) is 0 Å². The summed E-state index contributed by atoms with van der Waals surface area (Å²) in [5.74, 6) is 0.0466. The van der Waals surface area contributed by atoms with Crippen molar-refractivity contribution in [2.24, 2.45) is 0 Å². The quantitative estimate of drug-likeness (QED) is 0.741. The van der Waals surface area contributed by atoms with Gasteiger partial charge in [0, 0.05) is 37.4 Å². The smallest absolute Gasteiger partial charge is 0.254 e. The Kier molecular flexibility index (Phi) is 4.27. The van der Waals surface area contributed by atoms with Crippen molar-refractivity contribution < 1.29 is 4.79 Å². The van der Waals surface area contributed by atoms with Crippen LogP contribution in [0.2, 0.25) is 10.0 Å². The summed E-state index contributed by atoms with van der Waals surface area (Å²) in [4.78, 5) is 24.1. The van der Waals surface area contributed by atoms with Gasteiger partial charge in [0.25, 0.3) is 5.91 Å². The highest BCUT2D eigenvalue weighted by atomic mass is 35.5. The standard InChI is InChI=1S/C18H16Cl2N4O/c19-14-3-2-13(10-15(14)20)23-5-7-24(8-6-23)18(25)12-1-4-16-17(9-12)22-11-21-16/h1-4,9-11H,5-8H2,(H,21,22). The molecule has 1 aliphatic heterocycles. The summed E-state index contributed by atoms with van der Waals surface area (Å²) < 4.78 is 0. The lowest BCUT2D eigenvalue weighted by Crippen LogP contribution is -2.48. The lowest BCUT2D eigenvalue weighted by Gasteiger charge is -2.36. The average Bonchev–Trinajstić information content (AvgIpc) is 3.11. The normalized spacial score (nSPS) is 15.0. The Labute approximate surface area is 155 Å². The van der Waals surface area contributed by atoms with Crippen molar-refractivity contribution in [1.29, 1.82) is 0 Å². The second kappa shape index (κ2) is 6.58. The number of benzene rings is 2. The largest absolute Gasteiger partial charge is 0.368 e. The number of imidazole rings is 1. The number of nitrogens with one attached hydrogen (secondary N) is 1. The number of hydrogen-bond donors (Lipinski definition) is 1. The van der Waals surface area contributed by atoms with Crippen molar-refractivity contribution in [3.05, 3.63) is 58.3 Å². The maximum absolute atomic E-state index is 12.7. The molecule has 0 saturated carbocycles. The van der Waals surface area contributed by atoms with Gasteiger partial charge in [-0.2, -0.15) is 0 Å². The van der Waals surface area contributed by atoms with Crippen LogP contribution in [0.5, 0.6) is 0 Å². The van der Waals surface area contributed by atoms with E-state index in [4.69, 9.17) is 23.2 Å². The van der Waals surface area contributed by atoms with Crippen molar-refractivity contribution in [2.75, 3.05) is 31.1 Å². The van der Waals surface area contributed by atoms with Crippen molar-refractivity contribution in [2.45, 2.75) is 0 Å². The van der Waals surface area contributed by atoms with E-state index in [1.807, 2.05) is 35.2 Å². The molecule has 0 bridgehead atoms. The molecular formula is C18H16Cl2N4O. The van der Waals surface area contributed by atoms with Crippen molar-refractivity contribution in [3.8, 4) is 0 Å². The summed E-state index contributed by atoms with van der Waals surface area (Å²) >= 11 is 12.1. The number of aromatic amines is 1. The minimum atomic E-state index is 0.0466. The van der Waals surface area contributed by atoms with Crippen LogP contribution < -0.4 is 4.90 Å². The molecule has 1 N–H and O–H groups in total. The van der Waals surface area contributed by atoms with Gasteiger partial charge in [0.2, 0.25) is 0 Å². The van der Waals surface area contributed by atoms with Crippen molar-refractivity contribution in [1.82, 2.24) is 14.9 Å². The third kappa shape index (κ3) is 3.17. The third-order valence-electron chi connectivity index (χ3n) is 4.50. The molecule has 128 valence electrons. The number of piperazine rings is 1. The molecular weight excluding hydrogens is 359 g/mol. The molecule has 4 rings (SSSR count). The van der Waals surface area contributed by atoms with Crippen LogP contribution in [0.25, 0.3) is 11.0 Å². The molecule has 1 saturated heterocycles. The monoisotopic (exact) mass is 374 g/mol. The first-order chi connectivity index (χ1) is 12.1. The van der Waals surface area contributed by atoms with Gasteiger partial charge in [-0.3, -0.25) is 4.79 Å². The first-order valence-corrected chi connectivity index (χ1v) is 8.80. The molecule has 0 aliphatic carbocycles. The number of hydrogen-bond acceptors (Lipinski definition) is 3. The Balaban J connectivity index is 1.45. The number of H-pyrrole nitrogens is 1. The zero-order chi connectivity index (χ0) is 17.4. The minimum Gasteiger partial charge on any atom is -0.368 e. The van der Waals surface area contributed by atoms with Crippen LogP contribution in [-0.4, -0.2) is 47.0 Å². The Morgan fingerprint density at radius 2 is 1.80 bits per heavy atom. The average molecular weight is 375 g/mol. The summed E-state index contributed by atoms with van der Waals surface area (Å²) in [6.07, 6.45) is 1.63. The van der Waals surface area contributed by atoms with Gasteiger partial charge in [-0.25, -0.2) is 4.98 Å². The molecule has 1 aliphatic rings. The SMILES string of the molecule is O=C(c1ccc2nc[nH]c2c1)N1CCN(c2ccc(Cl)c(Cl)c2)CC1. The van der Waals surface area contributed by atoms with Gasteiger partial charge >= 0.3 is 0 Å². The molecule has 0 radical (unpaired) electrons. The second-order valence-electron chi connectivity index (χ2n) is 6.01. The van der Waals surface area contributed by atoms with E-state index in [0.29, 0.717) is 28.7 Å². The molecule has 2 aromatic carbocycles. The first kappa shape index (κ1) is 16.2. The van der Waals surface area contributed by atoms with Gasteiger partial charge in [-0.05, 0) is 36.4 Å². The van der Waals surface area contributed by atoms with E-state index < -0.39 is 0 Å². The Morgan fingerprint density at radius 1 is 1.00 bits per heavy atom. The number of rotatable bonds is 2. The van der Waals surface area contributed by atoms with Crippen LogP contribution in [-0.2, 0) is 0 Å². The predicted molar refractivity (Wildman–Crippen MR) is 101 cm³/mol. The maximum Gasteiger partial charge on any atom is 0.254 e. The molecule has 1 aromatic heterocycles. The van der Waals surface area contributed by atoms with Gasteiger partial charge < -0.3 is 14.8 Å². The van der Waals surface area contributed by atoms with Crippen LogP contribution in [0.15, 0.2) is 42.7 Å². The summed E-state index contributed by atoms with van der Waals surface area (Å²) in [5.41, 5.74) is 3.45. The molecule has 2 heterocycles. The van der Waals surface area contributed by atoms with E-state index in [9.17, 15) is 4.79 Å². The molecule has 0 atom stereocenters. The summed E-state index contributed by atoms with van der Waals surface area (Å²) in [6.45, 7) is 2.85. The lowest BCUT2D eigenvalue weighted by atomic mass is 10.1. The minimum absolute atomic E-state index is 0.0466. The van der Waals surface area contributed by atoms with Crippen LogP contribution in [0, 0.1) is 0 Å². The number of halogens is 2. The molecule has 3 aromatic rings. The van der Waals surface area contributed by atoms with Gasteiger partial charge in [-0.1, -0.05) is 23.2 Å². The van der Waals surface area contributed by atoms with Crippen LogP contribution in [0.3, 0.4) is 0 Å². The molecule has 1 amide bonds. The van der Waals surface area contributed by atoms with Gasteiger partial charge in [0.1, 0.15) is 0 Å². The number of anilines is 1. The van der Waals surface area contributed by atoms with E-state index >= 15 is 0 Å². The predicted octanol–water partition coefficient (Wildman–Crippen LogP) is 3.83. The third-order valence-corrected chi connectivity index (χ3v) is 5.24. The molecule has 5 nitrogen and oxygen atoms in total. The van der Waals surface area contributed by atoms with Crippen LogP contribution in [0.4, 0.5) is 5.69 Å². The Bertz CT molecular complexity index is 932. The molecule has 25 heavy (non-hydrogen) atoms. The fourth-order valence-corrected chi connectivity index (χ4v) is 3.39. The highest BCUT2D eigenvalue weighted by Crippen LogP contribution is 2.28. The van der Waals surface area contributed by atoms with Gasteiger partial charge in [-0.15, -0.1) is 0 Å². The number of carbonyl (C=O) groups is 1. The molecule has 1 fully saturated rings. The Morgan fingerprint density at radius 3 is 2.56 bits per heavy atom. The van der Waals surface area contributed by atoms with E-state index in [2.05, 4.69) is 14.9 Å². The van der Waals surface area contributed by atoms with E-state index in [1.54, 1.807) is 12.4 Å². The van der Waals surface area contributed by atoms with E-state index in [-0.39, 0.29) is 5.91 Å². The molecule has 0 unspecified atom stereocenters. The van der Waals surface area contributed by atoms with Crippen molar-refractivity contribution >= 4 is 45.8 Å².